The van der Waals surface area contributed by atoms with E-state index in [9.17, 15) is 0 Å². The molecule has 76 valence electrons. The zero-order valence-corrected chi connectivity index (χ0v) is 8.70. The Kier molecular flexibility index (Phi) is 4.14. The molecule has 14 heavy (non-hydrogen) atoms. The molecule has 0 aliphatic carbocycles. The topological polar surface area (TPSA) is 53.6 Å². The molecule has 1 heterocycles. The first kappa shape index (κ1) is 10.7. The molecule has 0 aromatic carbocycles. The van der Waals surface area contributed by atoms with Gasteiger partial charge in [0.25, 0.3) is 0 Å². The standard InChI is InChI=1S/C10H16N4/c1-3-10-13-5-7-14(10)6-4-9(8-11)12-2/h5,7,9,12H,3-4,6H2,1-2H3. The van der Waals surface area contributed by atoms with Gasteiger partial charge in [-0.15, -0.1) is 0 Å². The Morgan fingerprint density at radius 2 is 2.50 bits per heavy atom. The van der Waals surface area contributed by atoms with E-state index in [2.05, 4.69) is 27.9 Å². The molecule has 1 aromatic heterocycles. The fourth-order valence-corrected chi connectivity index (χ4v) is 1.40. The minimum absolute atomic E-state index is 0.0675. The highest BCUT2D eigenvalue weighted by Gasteiger charge is 2.05. The highest BCUT2D eigenvalue weighted by molar-refractivity contribution is 4.94. The average Bonchev–Trinajstić information content (AvgIpc) is 2.67. The molecule has 0 saturated carbocycles. The summed E-state index contributed by atoms with van der Waals surface area (Å²) in [4.78, 5) is 4.22. The number of aryl methyl sites for hydroxylation is 2. The Morgan fingerprint density at radius 1 is 1.71 bits per heavy atom. The van der Waals surface area contributed by atoms with Crippen molar-refractivity contribution in [3.8, 4) is 6.07 Å². The van der Waals surface area contributed by atoms with Gasteiger partial charge in [-0.2, -0.15) is 5.26 Å². The normalized spacial score (nSPS) is 12.4. The smallest absolute Gasteiger partial charge is 0.108 e. The van der Waals surface area contributed by atoms with Gasteiger partial charge in [0, 0.05) is 25.4 Å². The highest BCUT2D eigenvalue weighted by atomic mass is 15.1. The summed E-state index contributed by atoms with van der Waals surface area (Å²) in [6.07, 6.45) is 5.52. The van der Waals surface area contributed by atoms with E-state index in [1.54, 1.807) is 6.20 Å². The molecule has 0 amide bonds. The first-order valence-electron chi connectivity index (χ1n) is 4.88. The summed E-state index contributed by atoms with van der Waals surface area (Å²) in [5.41, 5.74) is 0. The van der Waals surface area contributed by atoms with E-state index in [-0.39, 0.29) is 6.04 Å². The van der Waals surface area contributed by atoms with Crippen LogP contribution in [0.3, 0.4) is 0 Å². The molecular formula is C10H16N4. The summed E-state index contributed by atoms with van der Waals surface area (Å²) in [5.74, 6) is 1.08. The summed E-state index contributed by atoms with van der Waals surface area (Å²) in [7, 11) is 1.81. The molecule has 0 radical (unpaired) electrons. The van der Waals surface area contributed by atoms with E-state index >= 15 is 0 Å². The van der Waals surface area contributed by atoms with Crippen molar-refractivity contribution < 1.29 is 0 Å². The Hall–Kier alpha value is -1.34. The Bertz CT molecular complexity index is 310. The third-order valence-electron chi connectivity index (χ3n) is 2.28. The summed E-state index contributed by atoms with van der Waals surface area (Å²) >= 11 is 0. The van der Waals surface area contributed by atoms with Gasteiger partial charge >= 0.3 is 0 Å². The van der Waals surface area contributed by atoms with Gasteiger partial charge in [0.2, 0.25) is 0 Å². The number of hydrogen-bond acceptors (Lipinski definition) is 3. The maximum Gasteiger partial charge on any atom is 0.108 e. The number of aromatic nitrogens is 2. The third kappa shape index (κ3) is 2.57. The van der Waals surface area contributed by atoms with Crippen LogP contribution in [0.4, 0.5) is 0 Å². The van der Waals surface area contributed by atoms with Crippen molar-refractivity contribution in [2.75, 3.05) is 7.05 Å². The molecule has 0 spiro atoms. The Balaban J connectivity index is 2.49. The number of nitrogens with zero attached hydrogens (tertiary/aromatic N) is 3. The predicted octanol–water partition coefficient (Wildman–Crippen LogP) is 0.947. The molecule has 0 aliphatic heterocycles. The van der Waals surface area contributed by atoms with Crippen LogP contribution < -0.4 is 5.32 Å². The van der Waals surface area contributed by atoms with E-state index in [4.69, 9.17) is 5.26 Å². The number of nitriles is 1. The van der Waals surface area contributed by atoms with Gasteiger partial charge in [-0.3, -0.25) is 0 Å². The van der Waals surface area contributed by atoms with Gasteiger partial charge in [0.15, 0.2) is 0 Å². The van der Waals surface area contributed by atoms with Gasteiger partial charge in [-0.1, -0.05) is 6.92 Å². The molecule has 1 unspecified atom stereocenters. The number of hydrogen-bond donors (Lipinski definition) is 1. The van der Waals surface area contributed by atoms with E-state index in [0.29, 0.717) is 0 Å². The summed E-state index contributed by atoms with van der Waals surface area (Å²) < 4.78 is 2.10. The third-order valence-corrected chi connectivity index (χ3v) is 2.28. The van der Waals surface area contributed by atoms with E-state index in [1.807, 2.05) is 13.2 Å². The van der Waals surface area contributed by atoms with Crippen molar-refractivity contribution in [3.63, 3.8) is 0 Å². The molecule has 0 aliphatic rings. The lowest BCUT2D eigenvalue weighted by Crippen LogP contribution is -2.24. The molecule has 4 nitrogen and oxygen atoms in total. The largest absolute Gasteiger partial charge is 0.335 e. The zero-order valence-electron chi connectivity index (χ0n) is 8.70. The van der Waals surface area contributed by atoms with E-state index in [0.717, 1.165) is 25.2 Å². The van der Waals surface area contributed by atoms with Crippen molar-refractivity contribution in [2.24, 2.45) is 0 Å². The minimum atomic E-state index is -0.0675. The molecule has 1 aromatic rings. The fourth-order valence-electron chi connectivity index (χ4n) is 1.40. The van der Waals surface area contributed by atoms with Crippen LogP contribution in [0, 0.1) is 11.3 Å². The maximum absolute atomic E-state index is 8.74. The first-order chi connectivity index (χ1) is 6.81. The second-order valence-electron chi connectivity index (χ2n) is 3.15. The van der Waals surface area contributed by atoms with Crippen molar-refractivity contribution in [1.82, 2.24) is 14.9 Å². The van der Waals surface area contributed by atoms with Crippen molar-refractivity contribution in [1.29, 1.82) is 5.26 Å². The Morgan fingerprint density at radius 3 is 3.07 bits per heavy atom. The Labute approximate surface area is 84.6 Å². The van der Waals surface area contributed by atoms with Crippen LogP contribution in [0.15, 0.2) is 12.4 Å². The summed E-state index contributed by atoms with van der Waals surface area (Å²) in [5, 5.41) is 11.7. The lowest BCUT2D eigenvalue weighted by atomic mass is 10.2. The lowest BCUT2D eigenvalue weighted by molar-refractivity contribution is 0.539. The van der Waals surface area contributed by atoms with Crippen LogP contribution in [-0.2, 0) is 13.0 Å². The van der Waals surface area contributed by atoms with Crippen LogP contribution >= 0.6 is 0 Å². The van der Waals surface area contributed by atoms with Crippen molar-refractivity contribution in [2.45, 2.75) is 32.4 Å². The highest BCUT2D eigenvalue weighted by Crippen LogP contribution is 2.01. The predicted molar refractivity (Wildman–Crippen MR) is 54.7 cm³/mol. The fraction of sp³-hybridized carbons (Fsp3) is 0.600. The molecule has 0 saturated heterocycles. The van der Waals surface area contributed by atoms with E-state index < -0.39 is 0 Å². The molecule has 4 heteroatoms. The number of nitrogens with one attached hydrogen (secondary N) is 1. The minimum Gasteiger partial charge on any atom is -0.335 e. The second-order valence-corrected chi connectivity index (χ2v) is 3.15. The van der Waals surface area contributed by atoms with Gasteiger partial charge in [-0.05, 0) is 13.5 Å². The zero-order chi connectivity index (χ0) is 10.4. The summed E-state index contributed by atoms with van der Waals surface area (Å²) in [6.45, 7) is 2.93. The van der Waals surface area contributed by atoms with Gasteiger partial charge in [0.05, 0.1) is 12.1 Å². The first-order valence-corrected chi connectivity index (χ1v) is 4.88. The van der Waals surface area contributed by atoms with Gasteiger partial charge in [-0.25, -0.2) is 4.98 Å². The van der Waals surface area contributed by atoms with E-state index in [1.165, 1.54) is 0 Å². The molecule has 1 atom stereocenters. The number of imidazole rings is 1. The molecule has 1 rings (SSSR count). The lowest BCUT2D eigenvalue weighted by Gasteiger charge is -2.09. The monoisotopic (exact) mass is 192 g/mol. The van der Waals surface area contributed by atoms with Crippen molar-refractivity contribution in [3.05, 3.63) is 18.2 Å². The molecule has 0 bridgehead atoms. The molecule has 0 fully saturated rings. The van der Waals surface area contributed by atoms with Crippen LogP contribution in [-0.4, -0.2) is 22.6 Å². The number of rotatable bonds is 5. The maximum atomic E-state index is 8.74. The molecule has 1 N–H and O–H groups in total. The quantitative estimate of drug-likeness (QED) is 0.755. The molecular weight excluding hydrogens is 176 g/mol. The SMILES string of the molecule is CCc1nccn1CCC(C#N)NC. The van der Waals surface area contributed by atoms with Gasteiger partial charge < -0.3 is 9.88 Å². The van der Waals surface area contributed by atoms with Crippen LogP contribution in [0.1, 0.15) is 19.2 Å². The van der Waals surface area contributed by atoms with Crippen molar-refractivity contribution >= 4 is 0 Å². The summed E-state index contributed by atoms with van der Waals surface area (Å²) in [6, 6.07) is 2.14. The van der Waals surface area contributed by atoms with Crippen LogP contribution in [0.5, 0.6) is 0 Å². The van der Waals surface area contributed by atoms with Gasteiger partial charge in [0.1, 0.15) is 5.82 Å². The van der Waals surface area contributed by atoms with Crippen LogP contribution in [0.25, 0.3) is 0 Å². The van der Waals surface area contributed by atoms with Crippen LogP contribution in [0.2, 0.25) is 0 Å². The second kappa shape index (κ2) is 5.40. The average molecular weight is 192 g/mol.